The number of benzene rings is 1. The summed E-state index contributed by atoms with van der Waals surface area (Å²) in [6, 6.07) is 3.71. The van der Waals surface area contributed by atoms with Crippen LogP contribution in [0.4, 0.5) is 17.6 Å². The summed E-state index contributed by atoms with van der Waals surface area (Å²) in [6.45, 7) is 5.69. The van der Waals surface area contributed by atoms with E-state index in [0.717, 1.165) is 37.3 Å². The lowest BCUT2D eigenvalue weighted by atomic mass is 9.79. The number of hydrogen-bond donors (Lipinski definition) is 2. The lowest BCUT2D eigenvalue weighted by molar-refractivity contribution is -0.211. The predicted octanol–water partition coefficient (Wildman–Crippen LogP) is 4.71. The van der Waals surface area contributed by atoms with Gasteiger partial charge in [-0.25, -0.2) is 4.98 Å². The molecule has 1 amide bonds. The molecular weight excluding hydrogens is 542 g/mol. The molecule has 1 saturated carbocycles. The van der Waals surface area contributed by atoms with Gasteiger partial charge in [-0.1, -0.05) is 33.8 Å². The number of nitrogens with zero attached hydrogens (tertiary/aromatic N) is 2. The zero-order valence-electron chi connectivity index (χ0n) is 25.2. The van der Waals surface area contributed by atoms with E-state index in [0.29, 0.717) is 18.8 Å². The van der Waals surface area contributed by atoms with Crippen molar-refractivity contribution in [2.75, 3.05) is 13.6 Å². The van der Waals surface area contributed by atoms with Gasteiger partial charge in [-0.2, -0.15) is 26.0 Å². The molecule has 0 spiro atoms. The van der Waals surface area contributed by atoms with Crippen molar-refractivity contribution in [1.82, 2.24) is 14.9 Å². The lowest BCUT2D eigenvalue weighted by Crippen LogP contribution is -2.45. The molecular formula is C26H35F4N3O5S. The second kappa shape index (κ2) is 13.0. The molecule has 1 fully saturated rings. The van der Waals surface area contributed by atoms with E-state index in [4.69, 9.17) is 17.3 Å². The Balaban J connectivity index is 0.00000197. The first kappa shape index (κ1) is 27.8. The van der Waals surface area contributed by atoms with Crippen molar-refractivity contribution < 1.29 is 44.7 Å². The van der Waals surface area contributed by atoms with E-state index in [1.165, 1.54) is 12.1 Å². The van der Waals surface area contributed by atoms with E-state index in [9.17, 15) is 23.1 Å². The highest BCUT2D eigenvalue weighted by atomic mass is 32.1. The second-order valence-electron chi connectivity index (χ2n) is 10.5. The normalized spacial score (nSPS) is 21.1. The molecule has 0 aliphatic heterocycles. The summed E-state index contributed by atoms with van der Waals surface area (Å²) in [5.74, 6) is -1.78. The van der Waals surface area contributed by atoms with Crippen LogP contribution in [0.3, 0.4) is 0 Å². The minimum absolute atomic E-state index is 0.0709. The summed E-state index contributed by atoms with van der Waals surface area (Å²) in [6.07, 6.45) is -2.25. The van der Waals surface area contributed by atoms with Gasteiger partial charge in [-0.3, -0.25) is 9.36 Å². The number of aromatic nitrogens is 2. The first-order chi connectivity index (χ1) is 19.3. The first-order valence-corrected chi connectivity index (χ1v) is 13.0. The SMILES string of the molecule is O=S=O.[2H]C([2H])([2H])Oc1cc(CC(C)(C)C(F)(F)F)ccc1-n1c(CC)nc(C(=O)NCC2(O)CCC(C)CC2)c1F. The molecule has 13 heteroatoms. The fourth-order valence-electron chi connectivity index (χ4n) is 4.42. The fraction of sp³-hybridized carbons (Fsp3) is 0.615. The molecule has 0 bridgehead atoms. The Labute approximate surface area is 233 Å². The Kier molecular flexibility index (Phi) is 9.28. The number of ether oxygens (including phenoxy) is 1. The van der Waals surface area contributed by atoms with E-state index in [2.05, 4.69) is 17.2 Å². The number of carbonyl (C=O) groups is 1. The maximum Gasteiger partial charge on any atom is 0.394 e. The van der Waals surface area contributed by atoms with Crippen LogP contribution in [-0.4, -0.2) is 54.3 Å². The fourth-order valence-corrected chi connectivity index (χ4v) is 4.42. The maximum atomic E-state index is 15.7. The Morgan fingerprint density at radius 1 is 1.31 bits per heavy atom. The average Bonchev–Trinajstić information content (AvgIpc) is 3.19. The Morgan fingerprint density at radius 2 is 1.92 bits per heavy atom. The van der Waals surface area contributed by atoms with Crippen LogP contribution in [0.25, 0.3) is 5.69 Å². The molecule has 1 heterocycles. The van der Waals surface area contributed by atoms with Gasteiger partial charge in [0.1, 0.15) is 11.6 Å². The molecule has 1 aromatic heterocycles. The Morgan fingerprint density at radius 3 is 2.46 bits per heavy atom. The number of aliphatic hydroxyl groups is 1. The highest BCUT2D eigenvalue weighted by Crippen LogP contribution is 2.41. The highest BCUT2D eigenvalue weighted by Gasteiger charge is 2.47. The van der Waals surface area contributed by atoms with Crippen molar-refractivity contribution in [2.45, 2.75) is 78.0 Å². The number of rotatable bonds is 8. The van der Waals surface area contributed by atoms with Gasteiger partial charge in [0.05, 0.1) is 27.9 Å². The van der Waals surface area contributed by atoms with Gasteiger partial charge in [0, 0.05) is 13.0 Å². The number of halogens is 4. The van der Waals surface area contributed by atoms with Gasteiger partial charge in [-0.05, 0) is 55.7 Å². The second-order valence-corrected chi connectivity index (χ2v) is 10.6. The molecule has 2 N–H and O–H groups in total. The van der Waals surface area contributed by atoms with Crippen LogP contribution in [0.15, 0.2) is 18.2 Å². The van der Waals surface area contributed by atoms with Crippen molar-refractivity contribution in [3.63, 3.8) is 0 Å². The van der Waals surface area contributed by atoms with Gasteiger partial charge >= 0.3 is 17.7 Å². The van der Waals surface area contributed by atoms with Gasteiger partial charge < -0.3 is 15.2 Å². The number of nitrogens with one attached hydrogen (secondary N) is 1. The van der Waals surface area contributed by atoms with E-state index < -0.39 is 59.8 Å². The topological polar surface area (TPSA) is 111 Å². The summed E-state index contributed by atoms with van der Waals surface area (Å²) < 4.78 is 101. The van der Waals surface area contributed by atoms with E-state index in [-0.39, 0.29) is 35.8 Å². The number of carbonyl (C=O) groups excluding carboxylic acids is 1. The van der Waals surface area contributed by atoms with Crippen LogP contribution < -0.4 is 10.1 Å². The smallest absolute Gasteiger partial charge is 0.394 e. The van der Waals surface area contributed by atoms with Crippen molar-refractivity contribution in [3.8, 4) is 11.4 Å². The molecule has 1 aliphatic carbocycles. The zero-order valence-corrected chi connectivity index (χ0v) is 23.0. The van der Waals surface area contributed by atoms with Crippen molar-refractivity contribution in [1.29, 1.82) is 0 Å². The maximum absolute atomic E-state index is 15.7. The van der Waals surface area contributed by atoms with Gasteiger partial charge in [-0.15, -0.1) is 0 Å². The molecule has 1 aliphatic rings. The summed E-state index contributed by atoms with van der Waals surface area (Å²) in [4.78, 5) is 17.0. The van der Waals surface area contributed by atoms with Crippen LogP contribution in [0.2, 0.25) is 0 Å². The average molecular weight is 581 g/mol. The summed E-state index contributed by atoms with van der Waals surface area (Å²) in [5, 5.41) is 13.3. The number of hydrogen-bond acceptors (Lipinski definition) is 6. The Hall–Kier alpha value is -2.80. The van der Waals surface area contributed by atoms with Crippen LogP contribution in [0.5, 0.6) is 5.75 Å². The molecule has 0 saturated heterocycles. The van der Waals surface area contributed by atoms with Gasteiger partial charge in [0.2, 0.25) is 5.95 Å². The van der Waals surface area contributed by atoms with Gasteiger partial charge in [0.15, 0.2) is 5.69 Å². The third-order valence-corrected chi connectivity index (χ3v) is 6.99. The van der Waals surface area contributed by atoms with Crippen molar-refractivity contribution in [3.05, 3.63) is 41.2 Å². The minimum atomic E-state index is -4.52. The van der Waals surface area contributed by atoms with E-state index in [1.807, 2.05) is 0 Å². The van der Waals surface area contributed by atoms with Gasteiger partial charge in [0.25, 0.3) is 5.91 Å². The number of aryl methyl sites for hydroxylation is 1. The number of amides is 1. The molecule has 0 radical (unpaired) electrons. The molecule has 8 nitrogen and oxygen atoms in total. The molecule has 3 rings (SSSR count). The quantitative estimate of drug-likeness (QED) is 0.438. The van der Waals surface area contributed by atoms with E-state index in [1.54, 1.807) is 6.92 Å². The number of imidazole rings is 1. The molecule has 0 atom stereocenters. The molecule has 218 valence electrons. The zero-order chi connectivity index (χ0) is 32.1. The first-order valence-electron chi connectivity index (χ1n) is 13.9. The van der Waals surface area contributed by atoms with Crippen LogP contribution in [0, 0.1) is 17.3 Å². The minimum Gasteiger partial charge on any atom is -0.495 e. The standard InChI is InChI=1S/C26H35F4N3O3.O2S/c1-6-20-32-21(23(34)31-15-25(35)11-9-16(2)10-12-25)22(27)33(20)18-8-7-17(13-19(18)36-5)14-24(3,4)26(28,29)30;1-3-2/h7-8,13,16,35H,6,9-12,14-15H2,1-5H3,(H,31,34);/i5D3;. The molecule has 1 aromatic carbocycles. The third kappa shape index (κ3) is 7.87. The lowest BCUT2D eigenvalue weighted by Gasteiger charge is -2.34. The number of alkyl halides is 3. The largest absolute Gasteiger partial charge is 0.495 e. The predicted molar refractivity (Wildman–Crippen MR) is 137 cm³/mol. The van der Waals surface area contributed by atoms with Crippen LogP contribution in [-0.2, 0) is 24.4 Å². The molecule has 39 heavy (non-hydrogen) atoms. The summed E-state index contributed by atoms with van der Waals surface area (Å²) in [5.41, 5.74) is -3.77. The van der Waals surface area contributed by atoms with Crippen LogP contribution >= 0.6 is 0 Å². The molecule has 0 unspecified atom stereocenters. The Bertz CT molecular complexity index is 1290. The van der Waals surface area contributed by atoms with Crippen molar-refractivity contribution in [2.24, 2.45) is 11.3 Å². The summed E-state index contributed by atoms with van der Waals surface area (Å²) in [7, 11) is -2.98. The molecule has 2 aromatic rings. The third-order valence-electron chi connectivity index (χ3n) is 6.99. The highest BCUT2D eigenvalue weighted by molar-refractivity contribution is 7.51. The summed E-state index contributed by atoms with van der Waals surface area (Å²) >= 11 is -0.750. The number of methoxy groups -OCH3 is 1. The van der Waals surface area contributed by atoms with E-state index >= 15 is 4.39 Å². The van der Waals surface area contributed by atoms with Crippen LogP contribution in [0.1, 0.15) is 79.4 Å². The monoisotopic (exact) mass is 580 g/mol. The van der Waals surface area contributed by atoms with Crippen molar-refractivity contribution >= 4 is 17.5 Å².